The summed E-state index contributed by atoms with van der Waals surface area (Å²) in [5.74, 6) is -0.936. The number of nitrogens with one attached hydrogen (secondary N) is 1. The summed E-state index contributed by atoms with van der Waals surface area (Å²) < 4.78 is 41.9. The Balaban J connectivity index is 1.40. The lowest BCUT2D eigenvalue weighted by molar-refractivity contribution is -0.141. The van der Waals surface area contributed by atoms with Crippen LogP contribution >= 0.6 is 0 Å². The van der Waals surface area contributed by atoms with Crippen LogP contribution < -0.4 is 9.62 Å². The number of carbonyl (C=O) groups excluding carboxylic acids is 2. The van der Waals surface area contributed by atoms with E-state index in [2.05, 4.69) is 5.32 Å². The standard InChI is InChI=1S/C34H36FN3O4S/c1-3-24(2)36-34(40)30(22-25-10-5-4-6-11-25)37(23-26-17-19-28(35)20-18-26)32(39)16-9-21-38-29-14-7-12-27-13-8-15-31(33(27)29)43(38,41)42/h4-8,10-15,17-20,24,30H,3,9,16,21-23H2,1-2H3,(H,36,40)/t24-,30-/m1/s1. The first-order chi connectivity index (χ1) is 20.7. The molecule has 1 aliphatic heterocycles. The van der Waals surface area contributed by atoms with Crippen molar-refractivity contribution in [1.29, 1.82) is 0 Å². The number of carbonyl (C=O) groups is 2. The van der Waals surface area contributed by atoms with E-state index in [-0.39, 0.29) is 54.5 Å². The van der Waals surface area contributed by atoms with Crippen molar-refractivity contribution in [2.75, 3.05) is 10.8 Å². The largest absolute Gasteiger partial charge is 0.352 e. The van der Waals surface area contributed by atoms with E-state index < -0.39 is 16.1 Å². The van der Waals surface area contributed by atoms with Crippen LogP contribution in [0.1, 0.15) is 44.2 Å². The van der Waals surface area contributed by atoms with Gasteiger partial charge in [0, 0.05) is 37.4 Å². The molecule has 4 aromatic rings. The molecule has 0 unspecified atom stereocenters. The molecule has 0 saturated carbocycles. The van der Waals surface area contributed by atoms with Gasteiger partial charge in [-0.15, -0.1) is 0 Å². The number of benzene rings is 4. The predicted octanol–water partition coefficient (Wildman–Crippen LogP) is 5.82. The van der Waals surface area contributed by atoms with Gasteiger partial charge in [0.2, 0.25) is 11.8 Å². The van der Waals surface area contributed by atoms with E-state index >= 15 is 0 Å². The molecule has 0 radical (unpaired) electrons. The molecule has 9 heteroatoms. The molecule has 0 fully saturated rings. The lowest BCUT2D eigenvalue weighted by atomic mass is 10.0. The minimum Gasteiger partial charge on any atom is -0.352 e. The second-order valence-electron chi connectivity index (χ2n) is 11.0. The van der Waals surface area contributed by atoms with E-state index in [0.29, 0.717) is 23.1 Å². The molecular formula is C34H36FN3O4S. The van der Waals surface area contributed by atoms with Crippen LogP contribution in [0.5, 0.6) is 0 Å². The Labute approximate surface area is 252 Å². The summed E-state index contributed by atoms with van der Waals surface area (Å²) in [6.07, 6.45) is 1.32. The zero-order chi connectivity index (χ0) is 30.6. The first-order valence-corrected chi connectivity index (χ1v) is 16.1. The molecule has 0 aliphatic carbocycles. The molecule has 0 spiro atoms. The number of halogens is 1. The van der Waals surface area contributed by atoms with Gasteiger partial charge in [0.05, 0.1) is 10.6 Å². The summed E-state index contributed by atoms with van der Waals surface area (Å²) in [4.78, 5) is 29.4. The maximum atomic E-state index is 14.0. The SMILES string of the molecule is CC[C@@H](C)NC(=O)[C@@H](Cc1ccccc1)N(Cc1ccc(F)cc1)C(=O)CCCN1c2cccc3cccc(c23)S1(=O)=O. The average molecular weight is 602 g/mol. The lowest BCUT2D eigenvalue weighted by Gasteiger charge is -2.32. The van der Waals surface area contributed by atoms with E-state index in [4.69, 9.17) is 0 Å². The van der Waals surface area contributed by atoms with E-state index in [9.17, 15) is 22.4 Å². The maximum absolute atomic E-state index is 14.0. The number of sulfonamides is 1. The Morgan fingerprint density at radius 1 is 0.907 bits per heavy atom. The number of hydrogen-bond donors (Lipinski definition) is 1. The van der Waals surface area contributed by atoms with E-state index in [1.807, 2.05) is 62.4 Å². The van der Waals surface area contributed by atoms with Crippen molar-refractivity contribution in [3.05, 3.63) is 108 Å². The quantitative estimate of drug-likeness (QED) is 0.222. The third-order valence-corrected chi connectivity index (χ3v) is 9.83. The molecule has 1 aliphatic rings. The molecule has 0 aromatic heterocycles. The van der Waals surface area contributed by atoms with E-state index in [1.54, 1.807) is 35.2 Å². The highest BCUT2D eigenvalue weighted by Crippen LogP contribution is 2.42. The molecule has 2 amide bonds. The van der Waals surface area contributed by atoms with Crippen molar-refractivity contribution < 1.29 is 22.4 Å². The average Bonchev–Trinajstić information content (AvgIpc) is 3.23. The van der Waals surface area contributed by atoms with Crippen LogP contribution in [-0.4, -0.2) is 43.8 Å². The fourth-order valence-corrected chi connectivity index (χ4v) is 7.25. The Morgan fingerprint density at radius 3 is 2.30 bits per heavy atom. The van der Waals surface area contributed by atoms with Crippen molar-refractivity contribution in [1.82, 2.24) is 10.2 Å². The van der Waals surface area contributed by atoms with Gasteiger partial charge < -0.3 is 10.2 Å². The molecule has 0 saturated heterocycles. The van der Waals surface area contributed by atoms with Crippen molar-refractivity contribution in [3.63, 3.8) is 0 Å². The normalized spacial score (nSPS) is 14.8. The summed E-state index contributed by atoms with van der Waals surface area (Å²) >= 11 is 0. The Hall–Kier alpha value is -4.24. The van der Waals surface area contributed by atoms with Gasteiger partial charge in [-0.2, -0.15) is 0 Å². The zero-order valence-corrected chi connectivity index (χ0v) is 25.2. The topological polar surface area (TPSA) is 86.8 Å². The van der Waals surface area contributed by atoms with Crippen molar-refractivity contribution in [2.45, 2.75) is 63.1 Å². The second-order valence-corrected chi connectivity index (χ2v) is 12.8. The monoisotopic (exact) mass is 601 g/mol. The molecular weight excluding hydrogens is 565 g/mol. The van der Waals surface area contributed by atoms with Crippen LogP contribution in [0.25, 0.3) is 10.8 Å². The first-order valence-electron chi connectivity index (χ1n) is 14.6. The molecule has 7 nitrogen and oxygen atoms in total. The highest BCUT2D eigenvalue weighted by molar-refractivity contribution is 7.93. The number of rotatable bonds is 12. The van der Waals surface area contributed by atoms with E-state index in [1.165, 1.54) is 16.4 Å². The number of nitrogens with zero attached hydrogens (tertiary/aromatic N) is 2. The maximum Gasteiger partial charge on any atom is 0.265 e. The van der Waals surface area contributed by atoms with Gasteiger partial charge in [-0.3, -0.25) is 13.9 Å². The van der Waals surface area contributed by atoms with Gasteiger partial charge in [0.15, 0.2) is 0 Å². The number of amides is 2. The molecule has 43 heavy (non-hydrogen) atoms. The minimum absolute atomic E-state index is 0.0292. The molecule has 2 atom stereocenters. The van der Waals surface area contributed by atoms with E-state index in [0.717, 1.165) is 17.4 Å². The summed E-state index contributed by atoms with van der Waals surface area (Å²) in [5.41, 5.74) is 2.20. The fraction of sp³-hybridized carbons (Fsp3) is 0.294. The number of anilines is 1. The van der Waals surface area contributed by atoms with Crippen molar-refractivity contribution in [2.24, 2.45) is 0 Å². The smallest absolute Gasteiger partial charge is 0.265 e. The van der Waals surface area contributed by atoms with Crippen LogP contribution in [0.3, 0.4) is 0 Å². The Bertz CT molecular complexity index is 1710. The summed E-state index contributed by atoms with van der Waals surface area (Å²) in [5, 5.41) is 4.57. The van der Waals surface area contributed by atoms with Crippen molar-refractivity contribution in [3.8, 4) is 0 Å². The molecule has 5 rings (SSSR count). The van der Waals surface area contributed by atoms with Gasteiger partial charge in [0.1, 0.15) is 11.9 Å². The summed E-state index contributed by atoms with van der Waals surface area (Å²) in [7, 11) is -3.75. The third kappa shape index (κ3) is 6.57. The lowest BCUT2D eigenvalue weighted by Crippen LogP contribution is -2.52. The van der Waals surface area contributed by atoms with Gasteiger partial charge >= 0.3 is 0 Å². The van der Waals surface area contributed by atoms with Crippen LogP contribution in [-0.2, 0) is 32.6 Å². The first kappa shape index (κ1) is 30.2. The van der Waals surface area contributed by atoms with Crippen LogP contribution in [0.15, 0.2) is 95.9 Å². The minimum atomic E-state index is -3.75. The fourth-order valence-electron chi connectivity index (χ4n) is 5.50. The number of hydrogen-bond acceptors (Lipinski definition) is 4. The second kappa shape index (κ2) is 13.0. The Kier molecular flexibility index (Phi) is 9.11. The van der Waals surface area contributed by atoms with Gasteiger partial charge in [-0.05, 0) is 60.5 Å². The van der Waals surface area contributed by atoms with Gasteiger partial charge in [-0.25, -0.2) is 12.8 Å². The summed E-state index contributed by atoms with van der Waals surface area (Å²) in [6, 6.07) is 25.2. The zero-order valence-electron chi connectivity index (χ0n) is 24.4. The van der Waals surface area contributed by atoms with Crippen LogP contribution in [0.4, 0.5) is 10.1 Å². The third-order valence-electron chi connectivity index (χ3n) is 7.97. The highest BCUT2D eigenvalue weighted by Gasteiger charge is 2.36. The van der Waals surface area contributed by atoms with Gasteiger partial charge in [0.25, 0.3) is 10.0 Å². The van der Waals surface area contributed by atoms with Crippen molar-refractivity contribution >= 4 is 38.3 Å². The Morgan fingerprint density at radius 2 is 1.60 bits per heavy atom. The van der Waals surface area contributed by atoms with Gasteiger partial charge in [-0.1, -0.05) is 73.7 Å². The van der Waals surface area contributed by atoms with Crippen LogP contribution in [0, 0.1) is 5.82 Å². The molecule has 4 aromatic carbocycles. The molecule has 0 bridgehead atoms. The van der Waals surface area contributed by atoms with Crippen LogP contribution in [0.2, 0.25) is 0 Å². The highest BCUT2D eigenvalue weighted by atomic mass is 32.2. The molecule has 1 N–H and O–H groups in total. The summed E-state index contributed by atoms with van der Waals surface area (Å²) in [6.45, 7) is 4.12. The predicted molar refractivity (Wildman–Crippen MR) is 166 cm³/mol. The molecule has 224 valence electrons. The molecule has 1 heterocycles.